The maximum absolute atomic E-state index is 13.8. The van der Waals surface area contributed by atoms with Crippen LogP contribution < -0.4 is 14.6 Å². The fourth-order valence-corrected chi connectivity index (χ4v) is 6.13. The fourth-order valence-electron chi connectivity index (χ4n) is 4.68. The lowest BCUT2D eigenvalue weighted by Crippen LogP contribution is -2.45. The molecule has 3 aromatic rings. The van der Waals surface area contributed by atoms with Gasteiger partial charge in [-0.3, -0.25) is 0 Å². The highest BCUT2D eigenvalue weighted by Gasteiger charge is 2.41. The molecule has 33 heavy (non-hydrogen) atoms. The van der Waals surface area contributed by atoms with Gasteiger partial charge < -0.3 is 19.1 Å². The highest BCUT2D eigenvalue weighted by molar-refractivity contribution is 7.91. The Morgan fingerprint density at radius 1 is 1.06 bits per heavy atom. The number of aromatic amines is 1. The zero-order valence-electron chi connectivity index (χ0n) is 19.0. The minimum absolute atomic E-state index is 0.261. The van der Waals surface area contributed by atoms with Crippen LogP contribution in [0.4, 0.5) is 5.69 Å². The Morgan fingerprint density at radius 2 is 1.76 bits per heavy atom. The van der Waals surface area contributed by atoms with E-state index in [1.54, 1.807) is 18.3 Å². The van der Waals surface area contributed by atoms with E-state index >= 15 is 0 Å². The van der Waals surface area contributed by atoms with Crippen molar-refractivity contribution >= 4 is 26.4 Å². The minimum Gasteiger partial charge on any atom is -0.494 e. The number of nitrogens with zero attached hydrogens (tertiary/aromatic N) is 1. The summed E-state index contributed by atoms with van der Waals surface area (Å²) >= 11 is 0. The molecule has 1 N–H and O–H groups in total. The van der Waals surface area contributed by atoms with Gasteiger partial charge in [0, 0.05) is 32.0 Å². The summed E-state index contributed by atoms with van der Waals surface area (Å²) in [4.78, 5) is 5.87. The van der Waals surface area contributed by atoms with Crippen LogP contribution in [-0.4, -0.2) is 47.1 Å². The number of pyridine rings is 1. The van der Waals surface area contributed by atoms with Gasteiger partial charge in [0.2, 0.25) is 15.4 Å². The highest BCUT2D eigenvalue weighted by Crippen LogP contribution is 2.40. The van der Waals surface area contributed by atoms with E-state index in [0.29, 0.717) is 57.2 Å². The molecule has 0 aliphatic carbocycles. The Hall–Kier alpha value is -2.68. The first-order valence-electron chi connectivity index (χ1n) is 11.4. The average Bonchev–Trinajstić information content (AvgIpc) is 3.27. The van der Waals surface area contributed by atoms with E-state index in [2.05, 4.69) is 9.88 Å². The first kappa shape index (κ1) is 22.1. The van der Waals surface area contributed by atoms with Crippen LogP contribution in [0.5, 0.6) is 5.75 Å². The van der Waals surface area contributed by atoms with Gasteiger partial charge in [0.1, 0.15) is 5.75 Å². The Kier molecular flexibility index (Phi) is 5.76. The van der Waals surface area contributed by atoms with Gasteiger partial charge in [-0.05, 0) is 38.1 Å². The van der Waals surface area contributed by atoms with Crippen LogP contribution in [0.15, 0.2) is 58.5 Å². The summed E-state index contributed by atoms with van der Waals surface area (Å²) in [5.74, 6) is 0.167. The first-order valence-corrected chi connectivity index (χ1v) is 12.9. The lowest BCUT2D eigenvalue weighted by atomic mass is 10.0. The molecule has 8 heteroatoms. The molecule has 1 spiro atoms. The number of aryl methyl sites for hydroxylation is 1. The third-order valence-electron chi connectivity index (χ3n) is 6.43. The summed E-state index contributed by atoms with van der Waals surface area (Å²) in [5, 5.41) is 0.818. The van der Waals surface area contributed by atoms with E-state index in [0.717, 1.165) is 16.5 Å². The van der Waals surface area contributed by atoms with Crippen molar-refractivity contribution in [2.24, 2.45) is 0 Å². The molecule has 2 saturated heterocycles. The predicted molar refractivity (Wildman–Crippen MR) is 124 cm³/mol. The molecule has 2 aromatic carbocycles. The van der Waals surface area contributed by atoms with E-state index in [4.69, 9.17) is 14.2 Å². The zero-order valence-corrected chi connectivity index (χ0v) is 19.8. The van der Waals surface area contributed by atoms with Crippen LogP contribution >= 0.6 is 0 Å². The molecule has 5 rings (SSSR count). The molecule has 0 atom stereocenters. The molecule has 7 nitrogen and oxygen atoms in total. The second-order valence-corrected chi connectivity index (χ2v) is 10.5. The van der Waals surface area contributed by atoms with Crippen molar-refractivity contribution in [2.45, 2.75) is 42.3 Å². The number of H-pyrrole nitrogens is 1. The Morgan fingerprint density at radius 3 is 2.42 bits per heavy atom. The molecule has 174 valence electrons. The summed E-state index contributed by atoms with van der Waals surface area (Å²) in [6.45, 7) is 6.89. The topological polar surface area (TPSA) is 79.2 Å². The zero-order chi connectivity index (χ0) is 23.1. The number of aromatic nitrogens is 1. The van der Waals surface area contributed by atoms with Crippen LogP contribution in [0.2, 0.25) is 0 Å². The highest BCUT2D eigenvalue weighted by atomic mass is 32.2. The van der Waals surface area contributed by atoms with E-state index in [9.17, 15) is 8.42 Å². The fraction of sp³-hybridized carbons (Fsp3) is 0.400. The van der Waals surface area contributed by atoms with E-state index in [1.165, 1.54) is 0 Å². The van der Waals surface area contributed by atoms with E-state index in [-0.39, 0.29) is 9.79 Å². The lowest BCUT2D eigenvalue weighted by Gasteiger charge is -2.39. The van der Waals surface area contributed by atoms with Gasteiger partial charge in [-0.2, -0.15) is 0 Å². The first-order chi connectivity index (χ1) is 15.9. The maximum atomic E-state index is 13.8. The van der Waals surface area contributed by atoms with Gasteiger partial charge in [-0.15, -0.1) is 0 Å². The van der Waals surface area contributed by atoms with Crippen LogP contribution in [-0.2, 0) is 19.3 Å². The van der Waals surface area contributed by atoms with Crippen LogP contribution in [0.1, 0.15) is 25.3 Å². The number of rotatable bonds is 5. The van der Waals surface area contributed by atoms with Gasteiger partial charge in [-0.25, -0.2) is 13.4 Å². The van der Waals surface area contributed by atoms with Gasteiger partial charge in [0.05, 0.1) is 35.8 Å². The predicted octanol–water partition coefficient (Wildman–Crippen LogP) is 3.54. The van der Waals surface area contributed by atoms with E-state index < -0.39 is 15.6 Å². The number of anilines is 1. The van der Waals surface area contributed by atoms with Gasteiger partial charge in [0.25, 0.3) is 0 Å². The normalized spacial score (nSPS) is 18.2. The Balaban J connectivity index is 1.65. The molecule has 2 fully saturated rings. The maximum Gasteiger partial charge on any atom is 0.214 e. The molecular formula is C25H29N2O5S+. The molecule has 3 heterocycles. The van der Waals surface area contributed by atoms with Crippen molar-refractivity contribution in [1.82, 2.24) is 0 Å². The number of benzene rings is 2. The van der Waals surface area contributed by atoms with Crippen molar-refractivity contribution in [3.05, 3.63) is 54.2 Å². The third-order valence-corrected chi connectivity index (χ3v) is 8.21. The Labute approximate surface area is 194 Å². The molecule has 0 radical (unpaired) electrons. The van der Waals surface area contributed by atoms with Crippen molar-refractivity contribution in [1.29, 1.82) is 0 Å². The number of hydrogen-bond acceptors (Lipinski definition) is 6. The summed E-state index contributed by atoms with van der Waals surface area (Å²) in [5.41, 5.74) is 2.56. The van der Waals surface area contributed by atoms with Crippen molar-refractivity contribution in [3.8, 4) is 5.75 Å². The monoisotopic (exact) mass is 469 g/mol. The Bertz CT molecular complexity index is 1260. The SMILES string of the molecule is CCOc1ccc2[nH+]cc(S(=O)(=O)c3ccc(C)cc3)c(N3CCC4(CC3)OCCO4)c2c1. The summed E-state index contributed by atoms with van der Waals surface area (Å²) in [6, 6.07) is 12.7. The largest absolute Gasteiger partial charge is 0.494 e. The van der Waals surface area contributed by atoms with Crippen molar-refractivity contribution < 1.29 is 27.6 Å². The summed E-state index contributed by atoms with van der Waals surface area (Å²) < 4.78 is 45.1. The molecule has 0 amide bonds. The quantitative estimate of drug-likeness (QED) is 0.569. The van der Waals surface area contributed by atoms with Crippen molar-refractivity contribution in [2.75, 3.05) is 37.8 Å². The van der Waals surface area contributed by atoms with Crippen LogP contribution in [0.25, 0.3) is 10.9 Å². The number of ether oxygens (including phenoxy) is 3. The molecular weight excluding hydrogens is 440 g/mol. The second kappa shape index (κ2) is 8.59. The standard InChI is InChI=1S/C25H28N2O5S/c1-3-30-19-6-9-22-21(16-19)24(27-12-10-25(11-13-27)31-14-15-32-25)23(17-26-22)33(28,29)20-7-4-18(2)5-8-20/h4-9,16-17H,3,10-15H2,1-2H3/p+1. The minimum atomic E-state index is -3.76. The average molecular weight is 470 g/mol. The lowest BCUT2D eigenvalue weighted by molar-refractivity contribution is -0.347. The molecule has 0 bridgehead atoms. The molecule has 1 aromatic heterocycles. The third kappa shape index (κ3) is 4.07. The molecule has 2 aliphatic rings. The number of nitrogens with one attached hydrogen (secondary N) is 1. The molecule has 0 unspecified atom stereocenters. The van der Waals surface area contributed by atoms with Crippen LogP contribution in [0, 0.1) is 6.92 Å². The number of sulfone groups is 1. The van der Waals surface area contributed by atoms with Gasteiger partial charge in [0.15, 0.2) is 16.9 Å². The number of piperidine rings is 1. The molecule has 0 saturated carbocycles. The summed E-state index contributed by atoms with van der Waals surface area (Å²) in [7, 11) is -3.76. The summed E-state index contributed by atoms with van der Waals surface area (Å²) in [6.07, 6.45) is 2.98. The number of hydrogen-bond donors (Lipinski definition) is 0. The van der Waals surface area contributed by atoms with Gasteiger partial charge >= 0.3 is 0 Å². The van der Waals surface area contributed by atoms with E-state index in [1.807, 2.05) is 44.2 Å². The number of fused-ring (bicyclic) bond motifs is 1. The van der Waals surface area contributed by atoms with Crippen LogP contribution in [0.3, 0.4) is 0 Å². The van der Waals surface area contributed by atoms with Crippen molar-refractivity contribution in [3.63, 3.8) is 0 Å². The smallest absolute Gasteiger partial charge is 0.214 e. The molecule has 2 aliphatic heterocycles. The second-order valence-electron chi connectivity index (χ2n) is 8.55. The van der Waals surface area contributed by atoms with Gasteiger partial charge in [-0.1, -0.05) is 17.7 Å².